The number of benzene rings is 1. The Morgan fingerprint density at radius 3 is 2.76 bits per heavy atom. The lowest BCUT2D eigenvalue weighted by Gasteiger charge is -2.08. The van der Waals surface area contributed by atoms with Crippen LogP contribution in [-0.2, 0) is 16.1 Å². The fourth-order valence-electron chi connectivity index (χ4n) is 2.19. The molecule has 21 heavy (non-hydrogen) atoms. The monoisotopic (exact) mass is 290 g/mol. The van der Waals surface area contributed by atoms with Gasteiger partial charge in [0.2, 0.25) is 11.8 Å². The second kappa shape index (κ2) is 7.11. The Morgan fingerprint density at radius 2 is 2.10 bits per heavy atom. The number of carbonyl (C=O) groups excluding carboxylic acids is 2. The number of carbonyl (C=O) groups is 2. The van der Waals surface area contributed by atoms with Gasteiger partial charge >= 0.3 is 0 Å². The minimum atomic E-state index is -0.0676. The van der Waals surface area contributed by atoms with E-state index in [1.54, 1.807) is 7.11 Å². The summed E-state index contributed by atoms with van der Waals surface area (Å²) in [5.41, 5.74) is 0.985. The van der Waals surface area contributed by atoms with Gasteiger partial charge in [-0.1, -0.05) is 19.1 Å². The van der Waals surface area contributed by atoms with Crippen LogP contribution in [0, 0.1) is 11.8 Å². The highest BCUT2D eigenvalue weighted by atomic mass is 16.5. The van der Waals surface area contributed by atoms with Crippen LogP contribution in [0.2, 0.25) is 0 Å². The van der Waals surface area contributed by atoms with Crippen LogP contribution >= 0.6 is 0 Å². The van der Waals surface area contributed by atoms with E-state index in [-0.39, 0.29) is 17.7 Å². The summed E-state index contributed by atoms with van der Waals surface area (Å²) < 4.78 is 5.13. The first-order chi connectivity index (χ1) is 10.1. The van der Waals surface area contributed by atoms with E-state index in [2.05, 4.69) is 17.6 Å². The molecule has 1 aromatic rings. The van der Waals surface area contributed by atoms with Gasteiger partial charge in [-0.15, -0.1) is 0 Å². The summed E-state index contributed by atoms with van der Waals surface area (Å²) in [6.45, 7) is 2.92. The first-order valence-corrected chi connectivity index (χ1v) is 7.27. The molecule has 2 amide bonds. The fraction of sp³-hybridized carbons (Fsp3) is 0.500. The average Bonchev–Trinajstić information content (AvgIpc) is 3.22. The Labute approximate surface area is 125 Å². The van der Waals surface area contributed by atoms with Crippen molar-refractivity contribution in [2.45, 2.75) is 26.3 Å². The fourth-order valence-corrected chi connectivity index (χ4v) is 2.19. The molecule has 1 aromatic carbocycles. The molecule has 0 spiro atoms. The maximum absolute atomic E-state index is 11.7. The third kappa shape index (κ3) is 4.77. The number of hydrogen-bond acceptors (Lipinski definition) is 3. The van der Waals surface area contributed by atoms with Crippen LogP contribution in [0.3, 0.4) is 0 Å². The van der Waals surface area contributed by atoms with Crippen LogP contribution in [0.25, 0.3) is 0 Å². The summed E-state index contributed by atoms with van der Waals surface area (Å²) in [6.07, 6.45) is 1.27. The molecule has 5 heteroatoms. The van der Waals surface area contributed by atoms with Crippen LogP contribution < -0.4 is 15.4 Å². The number of nitrogens with one attached hydrogen (secondary N) is 2. The van der Waals surface area contributed by atoms with Crippen LogP contribution in [0.15, 0.2) is 24.3 Å². The van der Waals surface area contributed by atoms with Gasteiger partial charge in [-0.2, -0.15) is 0 Å². The van der Waals surface area contributed by atoms with Crippen molar-refractivity contribution < 1.29 is 14.3 Å². The molecule has 0 radical (unpaired) electrons. The van der Waals surface area contributed by atoms with Gasteiger partial charge in [0.25, 0.3) is 0 Å². The lowest BCUT2D eigenvalue weighted by molar-refractivity contribution is -0.123. The molecule has 0 heterocycles. The Bertz CT molecular complexity index is 516. The first-order valence-electron chi connectivity index (χ1n) is 7.27. The summed E-state index contributed by atoms with van der Waals surface area (Å²) in [4.78, 5) is 23.3. The van der Waals surface area contributed by atoms with Crippen LogP contribution in [0.4, 0.5) is 0 Å². The van der Waals surface area contributed by atoms with E-state index >= 15 is 0 Å². The Morgan fingerprint density at radius 1 is 1.33 bits per heavy atom. The van der Waals surface area contributed by atoms with Crippen molar-refractivity contribution in [3.8, 4) is 5.75 Å². The molecule has 1 fully saturated rings. The van der Waals surface area contributed by atoms with Crippen LogP contribution in [-0.4, -0.2) is 25.5 Å². The van der Waals surface area contributed by atoms with Gasteiger partial charge < -0.3 is 15.4 Å². The van der Waals surface area contributed by atoms with Gasteiger partial charge in [0.15, 0.2) is 0 Å². The SMILES string of the molecule is COc1cccc(CNC(=O)CCNC(=O)[C@@H]2C[C@@H]2C)c1. The number of rotatable bonds is 7. The summed E-state index contributed by atoms with van der Waals surface area (Å²) >= 11 is 0. The predicted molar refractivity (Wildman–Crippen MR) is 79.7 cm³/mol. The van der Waals surface area contributed by atoms with E-state index in [4.69, 9.17) is 4.74 Å². The predicted octanol–water partition coefficient (Wildman–Crippen LogP) is 1.47. The zero-order valence-corrected chi connectivity index (χ0v) is 12.5. The van der Waals surface area contributed by atoms with Crippen molar-refractivity contribution in [2.24, 2.45) is 11.8 Å². The average molecular weight is 290 g/mol. The topological polar surface area (TPSA) is 67.4 Å². The molecule has 2 N–H and O–H groups in total. The number of hydrogen-bond donors (Lipinski definition) is 2. The Hall–Kier alpha value is -2.04. The van der Waals surface area contributed by atoms with Gasteiger partial charge in [0.05, 0.1) is 7.11 Å². The summed E-state index contributed by atoms with van der Waals surface area (Å²) in [6, 6.07) is 7.56. The van der Waals surface area contributed by atoms with Crippen molar-refractivity contribution >= 4 is 11.8 Å². The molecule has 114 valence electrons. The molecular weight excluding hydrogens is 268 g/mol. The van der Waals surface area contributed by atoms with E-state index in [1.165, 1.54) is 0 Å². The van der Waals surface area contributed by atoms with Crippen molar-refractivity contribution in [3.05, 3.63) is 29.8 Å². The van der Waals surface area contributed by atoms with Crippen molar-refractivity contribution in [1.82, 2.24) is 10.6 Å². The quantitative estimate of drug-likeness (QED) is 0.799. The largest absolute Gasteiger partial charge is 0.497 e. The van der Waals surface area contributed by atoms with E-state index in [0.29, 0.717) is 25.4 Å². The second-order valence-electron chi connectivity index (χ2n) is 5.49. The molecule has 0 bridgehead atoms. The normalized spacial score (nSPS) is 19.7. The Balaban J connectivity index is 1.64. The molecule has 0 unspecified atom stereocenters. The maximum atomic E-state index is 11.7. The molecule has 2 atom stereocenters. The first kappa shape index (κ1) is 15.4. The molecule has 1 aliphatic rings. The van der Waals surface area contributed by atoms with E-state index < -0.39 is 0 Å². The number of methoxy groups -OCH3 is 1. The van der Waals surface area contributed by atoms with Crippen LogP contribution in [0.1, 0.15) is 25.3 Å². The Kier molecular flexibility index (Phi) is 5.20. The molecule has 1 aliphatic carbocycles. The highest BCUT2D eigenvalue weighted by Crippen LogP contribution is 2.37. The van der Waals surface area contributed by atoms with Crippen LogP contribution in [0.5, 0.6) is 5.75 Å². The highest BCUT2D eigenvalue weighted by Gasteiger charge is 2.38. The minimum absolute atomic E-state index is 0.0676. The lowest BCUT2D eigenvalue weighted by atomic mass is 10.2. The van der Waals surface area contributed by atoms with Crippen molar-refractivity contribution in [2.75, 3.05) is 13.7 Å². The third-order valence-electron chi connectivity index (χ3n) is 3.72. The maximum Gasteiger partial charge on any atom is 0.223 e. The minimum Gasteiger partial charge on any atom is -0.497 e. The molecular formula is C16H22N2O3. The van der Waals surface area contributed by atoms with Gasteiger partial charge in [0, 0.05) is 25.4 Å². The molecule has 5 nitrogen and oxygen atoms in total. The highest BCUT2D eigenvalue weighted by molar-refractivity contribution is 5.82. The summed E-state index contributed by atoms with van der Waals surface area (Å²) in [5, 5.41) is 5.63. The van der Waals surface area contributed by atoms with E-state index in [0.717, 1.165) is 17.7 Å². The van der Waals surface area contributed by atoms with Gasteiger partial charge in [-0.05, 0) is 30.0 Å². The smallest absolute Gasteiger partial charge is 0.223 e. The molecule has 1 saturated carbocycles. The van der Waals surface area contributed by atoms with Crippen molar-refractivity contribution in [3.63, 3.8) is 0 Å². The van der Waals surface area contributed by atoms with Gasteiger partial charge in [-0.25, -0.2) is 0 Å². The molecule has 0 aromatic heterocycles. The zero-order chi connectivity index (χ0) is 15.2. The number of amides is 2. The summed E-state index contributed by atoms with van der Waals surface area (Å²) in [5.74, 6) is 1.43. The lowest BCUT2D eigenvalue weighted by Crippen LogP contribution is -2.31. The zero-order valence-electron chi connectivity index (χ0n) is 12.5. The summed E-state index contributed by atoms with van der Waals surface area (Å²) in [7, 11) is 1.61. The van der Waals surface area contributed by atoms with E-state index in [9.17, 15) is 9.59 Å². The van der Waals surface area contributed by atoms with Gasteiger partial charge in [-0.3, -0.25) is 9.59 Å². The van der Waals surface area contributed by atoms with E-state index in [1.807, 2.05) is 24.3 Å². The standard InChI is InChI=1S/C16H22N2O3/c1-11-8-14(11)16(20)17-7-6-15(19)18-10-12-4-3-5-13(9-12)21-2/h3-5,9,11,14H,6-8,10H2,1-2H3,(H,17,20)(H,18,19)/t11-,14+/m0/s1. The molecule has 2 rings (SSSR count). The third-order valence-corrected chi connectivity index (χ3v) is 3.72. The van der Waals surface area contributed by atoms with Crippen molar-refractivity contribution in [1.29, 1.82) is 0 Å². The molecule has 0 saturated heterocycles. The van der Waals surface area contributed by atoms with Gasteiger partial charge in [0.1, 0.15) is 5.75 Å². The number of ether oxygens (including phenoxy) is 1. The second-order valence-corrected chi connectivity index (χ2v) is 5.49. The molecule has 0 aliphatic heterocycles.